The minimum Gasteiger partial charge on any atom is -0.355 e. The van der Waals surface area contributed by atoms with Crippen LogP contribution in [0.3, 0.4) is 0 Å². The predicted octanol–water partition coefficient (Wildman–Crippen LogP) is 3.10. The van der Waals surface area contributed by atoms with Gasteiger partial charge in [0.2, 0.25) is 5.91 Å². The molecule has 144 valence electrons. The molecule has 1 heterocycles. The summed E-state index contributed by atoms with van der Waals surface area (Å²) in [5.74, 6) is 0.981. The first-order valence-corrected chi connectivity index (χ1v) is 10.7. The number of amides is 1. The van der Waals surface area contributed by atoms with Gasteiger partial charge in [-0.1, -0.05) is 48.5 Å². The molecular formula is C22H29N3OS. The van der Waals surface area contributed by atoms with Gasteiger partial charge in [0.05, 0.1) is 0 Å². The van der Waals surface area contributed by atoms with Gasteiger partial charge in [0.1, 0.15) is 0 Å². The van der Waals surface area contributed by atoms with Crippen molar-refractivity contribution in [1.29, 1.82) is 0 Å². The van der Waals surface area contributed by atoms with E-state index in [-0.39, 0.29) is 5.91 Å². The average molecular weight is 384 g/mol. The highest BCUT2D eigenvalue weighted by Gasteiger charge is 2.16. The number of piperazine rings is 1. The first-order chi connectivity index (χ1) is 13.3. The summed E-state index contributed by atoms with van der Waals surface area (Å²) < 4.78 is 0. The Kier molecular flexibility index (Phi) is 8.21. The molecule has 0 saturated carbocycles. The van der Waals surface area contributed by atoms with Crippen LogP contribution in [-0.4, -0.2) is 60.7 Å². The van der Waals surface area contributed by atoms with Gasteiger partial charge in [-0.15, -0.1) is 11.8 Å². The fourth-order valence-electron chi connectivity index (χ4n) is 3.23. The van der Waals surface area contributed by atoms with Gasteiger partial charge in [-0.05, 0) is 17.7 Å². The third-order valence-corrected chi connectivity index (χ3v) is 5.82. The first-order valence-electron chi connectivity index (χ1n) is 9.73. The van der Waals surface area contributed by atoms with E-state index in [0.29, 0.717) is 6.42 Å². The molecule has 1 aliphatic rings. The number of nitrogens with one attached hydrogen (secondary N) is 1. The Hall–Kier alpha value is -1.82. The number of carbonyl (C=O) groups is 1. The molecule has 5 heteroatoms. The second kappa shape index (κ2) is 11.1. The van der Waals surface area contributed by atoms with Crippen molar-refractivity contribution < 1.29 is 4.79 Å². The first kappa shape index (κ1) is 19.9. The molecule has 1 saturated heterocycles. The molecule has 1 aliphatic heterocycles. The second-order valence-corrected chi connectivity index (χ2v) is 8.03. The third kappa shape index (κ3) is 7.37. The Morgan fingerprint density at radius 3 is 2.22 bits per heavy atom. The monoisotopic (exact) mass is 383 g/mol. The van der Waals surface area contributed by atoms with Gasteiger partial charge in [-0.25, -0.2) is 0 Å². The summed E-state index contributed by atoms with van der Waals surface area (Å²) in [5.41, 5.74) is 1.38. The molecule has 27 heavy (non-hydrogen) atoms. The van der Waals surface area contributed by atoms with Gasteiger partial charge in [0.15, 0.2) is 0 Å². The molecule has 0 aliphatic carbocycles. The Bertz CT molecular complexity index is 672. The van der Waals surface area contributed by atoms with Crippen LogP contribution in [0.5, 0.6) is 0 Å². The van der Waals surface area contributed by atoms with E-state index in [1.165, 1.54) is 10.5 Å². The lowest BCUT2D eigenvalue weighted by atomic mass is 10.2. The molecule has 0 atom stereocenters. The van der Waals surface area contributed by atoms with Crippen molar-refractivity contribution in [2.45, 2.75) is 17.9 Å². The van der Waals surface area contributed by atoms with Crippen LogP contribution in [0.15, 0.2) is 65.6 Å². The summed E-state index contributed by atoms with van der Waals surface area (Å²) in [7, 11) is 0. The average Bonchev–Trinajstić information content (AvgIpc) is 2.71. The van der Waals surface area contributed by atoms with Crippen LogP contribution in [0.2, 0.25) is 0 Å². The molecule has 2 aromatic carbocycles. The van der Waals surface area contributed by atoms with Gasteiger partial charge >= 0.3 is 0 Å². The molecule has 1 N–H and O–H groups in total. The number of rotatable bonds is 9. The van der Waals surface area contributed by atoms with E-state index in [9.17, 15) is 4.79 Å². The standard InChI is InChI=1S/C22H29N3OS/c26-22(11-18-27-21-9-5-2-6-10-21)23-12-13-24-14-16-25(17-15-24)19-20-7-3-1-4-8-20/h1-10H,11-19H2,(H,23,26). The zero-order valence-electron chi connectivity index (χ0n) is 15.8. The highest BCUT2D eigenvalue weighted by Crippen LogP contribution is 2.17. The highest BCUT2D eigenvalue weighted by atomic mass is 32.2. The number of hydrogen-bond acceptors (Lipinski definition) is 4. The van der Waals surface area contributed by atoms with Crippen molar-refractivity contribution in [3.8, 4) is 0 Å². The maximum Gasteiger partial charge on any atom is 0.220 e. The third-order valence-electron chi connectivity index (χ3n) is 4.81. The quantitative estimate of drug-likeness (QED) is 0.675. The smallest absolute Gasteiger partial charge is 0.220 e. The van der Waals surface area contributed by atoms with Crippen LogP contribution >= 0.6 is 11.8 Å². The van der Waals surface area contributed by atoms with E-state index in [4.69, 9.17) is 0 Å². The Morgan fingerprint density at radius 1 is 0.889 bits per heavy atom. The fourth-order valence-corrected chi connectivity index (χ4v) is 4.11. The van der Waals surface area contributed by atoms with E-state index in [2.05, 4.69) is 57.6 Å². The minimum atomic E-state index is 0.154. The zero-order valence-corrected chi connectivity index (χ0v) is 16.7. The van der Waals surface area contributed by atoms with E-state index in [1.54, 1.807) is 11.8 Å². The molecule has 1 fully saturated rings. The molecule has 1 amide bonds. The summed E-state index contributed by atoms with van der Waals surface area (Å²) in [4.78, 5) is 18.2. The topological polar surface area (TPSA) is 35.6 Å². The summed E-state index contributed by atoms with van der Waals surface area (Å²) in [5, 5.41) is 3.06. The van der Waals surface area contributed by atoms with Gasteiger partial charge < -0.3 is 5.32 Å². The van der Waals surface area contributed by atoms with Gasteiger partial charge in [-0.2, -0.15) is 0 Å². The molecule has 0 unspecified atom stereocenters. The second-order valence-electron chi connectivity index (χ2n) is 6.86. The number of hydrogen-bond donors (Lipinski definition) is 1. The molecule has 2 aromatic rings. The normalized spacial score (nSPS) is 15.6. The van der Waals surface area contributed by atoms with E-state index in [1.807, 2.05) is 18.2 Å². The lowest BCUT2D eigenvalue weighted by Crippen LogP contribution is -2.48. The van der Waals surface area contributed by atoms with Gasteiger partial charge in [0, 0.05) is 62.9 Å². The number of benzene rings is 2. The molecule has 4 nitrogen and oxygen atoms in total. The van der Waals surface area contributed by atoms with Crippen molar-refractivity contribution in [3.05, 3.63) is 66.2 Å². The Morgan fingerprint density at radius 2 is 1.52 bits per heavy atom. The van der Waals surface area contributed by atoms with Crippen LogP contribution in [0.25, 0.3) is 0 Å². The molecule has 3 rings (SSSR count). The van der Waals surface area contributed by atoms with Crippen LogP contribution in [0, 0.1) is 0 Å². The van der Waals surface area contributed by atoms with Crippen molar-refractivity contribution >= 4 is 17.7 Å². The van der Waals surface area contributed by atoms with Crippen LogP contribution < -0.4 is 5.32 Å². The largest absolute Gasteiger partial charge is 0.355 e. The zero-order chi connectivity index (χ0) is 18.7. The van der Waals surface area contributed by atoms with Crippen molar-refractivity contribution in [1.82, 2.24) is 15.1 Å². The molecule has 0 aromatic heterocycles. The highest BCUT2D eigenvalue weighted by molar-refractivity contribution is 7.99. The minimum absolute atomic E-state index is 0.154. The van der Waals surface area contributed by atoms with E-state index >= 15 is 0 Å². The molecule has 0 radical (unpaired) electrons. The van der Waals surface area contributed by atoms with Crippen LogP contribution in [0.4, 0.5) is 0 Å². The van der Waals surface area contributed by atoms with Crippen molar-refractivity contribution in [3.63, 3.8) is 0 Å². The lowest BCUT2D eigenvalue weighted by Gasteiger charge is -2.34. The maximum absolute atomic E-state index is 12.0. The fraction of sp³-hybridized carbons (Fsp3) is 0.409. The number of thioether (sulfide) groups is 1. The maximum atomic E-state index is 12.0. The van der Waals surface area contributed by atoms with E-state index in [0.717, 1.165) is 51.6 Å². The lowest BCUT2D eigenvalue weighted by molar-refractivity contribution is -0.120. The van der Waals surface area contributed by atoms with E-state index < -0.39 is 0 Å². The van der Waals surface area contributed by atoms with Crippen molar-refractivity contribution in [2.75, 3.05) is 45.0 Å². The van der Waals surface area contributed by atoms with Crippen molar-refractivity contribution in [2.24, 2.45) is 0 Å². The number of carbonyl (C=O) groups excluding carboxylic acids is 1. The van der Waals surface area contributed by atoms with Crippen LogP contribution in [0.1, 0.15) is 12.0 Å². The summed E-state index contributed by atoms with van der Waals surface area (Å²) in [6.07, 6.45) is 0.574. The number of nitrogens with zero attached hydrogens (tertiary/aromatic N) is 2. The summed E-state index contributed by atoms with van der Waals surface area (Å²) in [6.45, 7) is 7.06. The SMILES string of the molecule is O=C(CCSc1ccccc1)NCCN1CCN(Cc2ccccc2)CC1. The molecular weight excluding hydrogens is 354 g/mol. The van der Waals surface area contributed by atoms with Gasteiger partial charge in [0.25, 0.3) is 0 Å². The Labute approximate surface area is 166 Å². The molecule has 0 spiro atoms. The Balaban J connectivity index is 1.24. The van der Waals surface area contributed by atoms with Crippen LogP contribution in [-0.2, 0) is 11.3 Å². The molecule has 0 bridgehead atoms. The summed E-state index contributed by atoms with van der Waals surface area (Å²) in [6, 6.07) is 20.9. The summed E-state index contributed by atoms with van der Waals surface area (Å²) >= 11 is 1.73. The predicted molar refractivity (Wildman–Crippen MR) is 113 cm³/mol. The van der Waals surface area contributed by atoms with Gasteiger partial charge in [-0.3, -0.25) is 14.6 Å².